The van der Waals surface area contributed by atoms with Gasteiger partial charge in [0.2, 0.25) is 5.91 Å². The third-order valence-corrected chi connectivity index (χ3v) is 6.06. The topological polar surface area (TPSA) is 87.7 Å². The molecule has 1 saturated heterocycles. The number of anilines is 3. The van der Waals surface area contributed by atoms with Crippen molar-refractivity contribution < 1.29 is 19.1 Å². The highest BCUT2D eigenvalue weighted by Crippen LogP contribution is 2.56. The highest BCUT2D eigenvalue weighted by molar-refractivity contribution is 8.02. The number of nitrogens with zero attached hydrogens (tertiary/aromatic N) is 1. The molecule has 2 aliphatic heterocycles. The predicted octanol–water partition coefficient (Wildman–Crippen LogP) is 3.43. The average molecular weight is 383 g/mol. The summed E-state index contributed by atoms with van der Waals surface area (Å²) in [5.74, 6) is -0.312. The van der Waals surface area contributed by atoms with Crippen molar-refractivity contribution in [2.75, 3.05) is 22.6 Å². The Morgan fingerprint density at radius 1 is 1.11 bits per heavy atom. The maximum atomic E-state index is 13.2. The zero-order valence-electron chi connectivity index (χ0n) is 14.5. The first-order valence-corrected chi connectivity index (χ1v) is 9.23. The van der Waals surface area contributed by atoms with E-state index < -0.39 is 11.0 Å². The van der Waals surface area contributed by atoms with Crippen LogP contribution in [0.4, 0.5) is 21.9 Å². The number of ether oxygens (including phenoxy) is 1. The highest BCUT2D eigenvalue weighted by atomic mass is 32.2. The van der Waals surface area contributed by atoms with Gasteiger partial charge in [0.25, 0.3) is 5.91 Å². The van der Waals surface area contributed by atoms with Gasteiger partial charge in [-0.25, -0.2) is 4.79 Å². The van der Waals surface area contributed by atoms with E-state index in [2.05, 4.69) is 15.4 Å². The van der Waals surface area contributed by atoms with E-state index in [0.29, 0.717) is 24.2 Å². The van der Waals surface area contributed by atoms with Crippen LogP contribution in [-0.2, 0) is 14.3 Å². The summed E-state index contributed by atoms with van der Waals surface area (Å²) in [6, 6.07) is 14.3. The van der Waals surface area contributed by atoms with Gasteiger partial charge in [-0.1, -0.05) is 30.0 Å². The van der Waals surface area contributed by atoms with E-state index in [9.17, 15) is 14.4 Å². The number of hydrogen-bond acceptors (Lipinski definition) is 5. The molecule has 1 atom stereocenters. The van der Waals surface area contributed by atoms with Crippen LogP contribution in [-0.4, -0.2) is 29.9 Å². The molecule has 0 radical (unpaired) electrons. The van der Waals surface area contributed by atoms with E-state index in [4.69, 9.17) is 0 Å². The number of carbonyl (C=O) groups excluding carboxylic acids is 3. The Bertz CT molecular complexity index is 948. The molecule has 0 aliphatic carbocycles. The summed E-state index contributed by atoms with van der Waals surface area (Å²) in [7, 11) is 1.28. The molecule has 0 unspecified atom stereocenters. The molecular formula is C19H17N3O4S. The van der Waals surface area contributed by atoms with Crippen LogP contribution in [0.1, 0.15) is 12.8 Å². The van der Waals surface area contributed by atoms with Crippen molar-refractivity contribution in [1.29, 1.82) is 0 Å². The normalized spacial score (nSPS) is 20.0. The van der Waals surface area contributed by atoms with Crippen LogP contribution in [0.25, 0.3) is 0 Å². The zero-order chi connectivity index (χ0) is 19.0. The third-order valence-electron chi connectivity index (χ3n) is 4.58. The number of benzene rings is 2. The van der Waals surface area contributed by atoms with Gasteiger partial charge < -0.3 is 10.1 Å². The van der Waals surface area contributed by atoms with Gasteiger partial charge in [-0.15, -0.1) is 0 Å². The molecule has 3 amide bonds. The van der Waals surface area contributed by atoms with E-state index in [0.717, 1.165) is 10.6 Å². The average Bonchev–Trinajstić information content (AvgIpc) is 3.18. The summed E-state index contributed by atoms with van der Waals surface area (Å²) in [6.45, 7) is 0. The molecule has 0 aromatic heterocycles. The van der Waals surface area contributed by atoms with Crippen LogP contribution in [0.3, 0.4) is 0 Å². The van der Waals surface area contributed by atoms with E-state index in [1.165, 1.54) is 18.9 Å². The van der Waals surface area contributed by atoms with Crippen molar-refractivity contribution in [2.45, 2.75) is 22.6 Å². The maximum absolute atomic E-state index is 13.2. The lowest BCUT2D eigenvalue weighted by molar-refractivity contribution is -0.121. The summed E-state index contributed by atoms with van der Waals surface area (Å²) in [5.41, 5.74) is 1.80. The Labute approximate surface area is 160 Å². The maximum Gasteiger partial charge on any atom is 0.411 e. The quantitative estimate of drug-likeness (QED) is 0.848. The van der Waals surface area contributed by atoms with Crippen LogP contribution in [0.15, 0.2) is 53.4 Å². The van der Waals surface area contributed by atoms with Gasteiger partial charge in [-0.05, 0) is 36.8 Å². The molecule has 0 bridgehead atoms. The molecule has 2 heterocycles. The number of carbonyl (C=O) groups is 3. The van der Waals surface area contributed by atoms with Crippen molar-refractivity contribution in [2.24, 2.45) is 0 Å². The van der Waals surface area contributed by atoms with E-state index >= 15 is 0 Å². The fraction of sp³-hybridized carbons (Fsp3) is 0.211. The Hall–Kier alpha value is -3.00. The molecule has 4 rings (SSSR count). The predicted molar refractivity (Wildman–Crippen MR) is 103 cm³/mol. The molecule has 0 saturated carbocycles. The molecule has 1 fully saturated rings. The van der Waals surface area contributed by atoms with Crippen LogP contribution in [0.5, 0.6) is 0 Å². The molecule has 2 N–H and O–H groups in total. The van der Waals surface area contributed by atoms with Gasteiger partial charge in [0.15, 0.2) is 4.87 Å². The fourth-order valence-corrected chi connectivity index (χ4v) is 4.78. The number of fused-ring (bicyclic) bond motifs is 3. The minimum Gasteiger partial charge on any atom is -0.453 e. The minimum absolute atomic E-state index is 0.0521. The highest BCUT2D eigenvalue weighted by Gasteiger charge is 2.57. The number of thioether (sulfide) groups is 1. The van der Waals surface area contributed by atoms with Crippen LogP contribution in [0.2, 0.25) is 0 Å². The van der Waals surface area contributed by atoms with Gasteiger partial charge >= 0.3 is 6.09 Å². The van der Waals surface area contributed by atoms with Gasteiger partial charge in [-0.3, -0.25) is 19.8 Å². The van der Waals surface area contributed by atoms with E-state index in [1.807, 2.05) is 24.3 Å². The van der Waals surface area contributed by atoms with Crippen molar-refractivity contribution >= 4 is 46.7 Å². The second-order valence-corrected chi connectivity index (χ2v) is 7.55. The molecule has 27 heavy (non-hydrogen) atoms. The molecule has 0 spiro atoms. The van der Waals surface area contributed by atoms with Gasteiger partial charge in [0, 0.05) is 22.7 Å². The lowest BCUT2D eigenvalue weighted by Gasteiger charge is -2.29. The molecule has 2 aliphatic rings. The second-order valence-electron chi connectivity index (χ2n) is 6.23. The first-order valence-electron chi connectivity index (χ1n) is 8.41. The number of nitrogens with one attached hydrogen (secondary N) is 2. The summed E-state index contributed by atoms with van der Waals surface area (Å²) >= 11 is 1.41. The number of methoxy groups -OCH3 is 1. The number of para-hydroxylation sites is 1. The van der Waals surface area contributed by atoms with Crippen LogP contribution in [0, 0.1) is 0 Å². The molecule has 7 nitrogen and oxygen atoms in total. The van der Waals surface area contributed by atoms with Crippen molar-refractivity contribution in [3.63, 3.8) is 0 Å². The van der Waals surface area contributed by atoms with Crippen molar-refractivity contribution in [3.8, 4) is 0 Å². The molecular weight excluding hydrogens is 366 g/mol. The number of hydrogen-bond donors (Lipinski definition) is 2. The lowest BCUT2D eigenvalue weighted by atomic mass is 10.1. The Kier molecular flexibility index (Phi) is 4.27. The van der Waals surface area contributed by atoms with Gasteiger partial charge in [0.1, 0.15) is 0 Å². The largest absolute Gasteiger partial charge is 0.453 e. The van der Waals surface area contributed by atoms with Gasteiger partial charge in [-0.2, -0.15) is 0 Å². The van der Waals surface area contributed by atoms with E-state index in [1.54, 1.807) is 29.2 Å². The molecule has 2 aromatic carbocycles. The Balaban J connectivity index is 1.59. The molecule has 8 heteroatoms. The van der Waals surface area contributed by atoms with Crippen molar-refractivity contribution in [1.82, 2.24) is 0 Å². The Morgan fingerprint density at radius 2 is 1.85 bits per heavy atom. The SMILES string of the molecule is COC(=O)Nc1cccc(NC(=O)[C@@]23CCC(=O)N2c2ccccc2S3)c1. The second kappa shape index (κ2) is 6.62. The molecule has 138 valence electrons. The first-order chi connectivity index (χ1) is 13.0. The monoisotopic (exact) mass is 383 g/mol. The lowest BCUT2D eigenvalue weighted by Crippen LogP contribution is -2.49. The number of rotatable bonds is 3. The third kappa shape index (κ3) is 2.91. The summed E-state index contributed by atoms with van der Waals surface area (Å²) in [5, 5.41) is 5.45. The van der Waals surface area contributed by atoms with Crippen molar-refractivity contribution in [3.05, 3.63) is 48.5 Å². The van der Waals surface area contributed by atoms with Crippen LogP contribution >= 0.6 is 11.8 Å². The summed E-state index contributed by atoms with van der Waals surface area (Å²) in [6.07, 6.45) is 0.182. The first kappa shape index (κ1) is 17.4. The van der Waals surface area contributed by atoms with Gasteiger partial charge in [0.05, 0.1) is 12.8 Å². The molecule has 2 aromatic rings. The summed E-state index contributed by atoms with van der Waals surface area (Å²) < 4.78 is 4.57. The van der Waals surface area contributed by atoms with Crippen LogP contribution < -0.4 is 15.5 Å². The minimum atomic E-state index is -0.980. The fourth-order valence-electron chi connectivity index (χ4n) is 3.37. The van der Waals surface area contributed by atoms with E-state index in [-0.39, 0.29) is 11.8 Å². The Morgan fingerprint density at radius 3 is 2.63 bits per heavy atom. The zero-order valence-corrected chi connectivity index (χ0v) is 15.3. The summed E-state index contributed by atoms with van der Waals surface area (Å²) in [4.78, 5) is 38.6. The number of amides is 3. The standard InChI is InChI=1S/C19H17N3O4S/c1-26-18(25)21-13-6-4-5-12(11-13)20-17(24)19-10-9-16(23)22(19)14-7-2-3-8-15(14)27-19/h2-8,11H,9-10H2,1H3,(H,20,24)(H,21,25)/t19-/m0/s1. The smallest absolute Gasteiger partial charge is 0.411 e.